The fourth-order valence-corrected chi connectivity index (χ4v) is 2.11. The van der Waals surface area contributed by atoms with Gasteiger partial charge in [0.25, 0.3) is 0 Å². The van der Waals surface area contributed by atoms with E-state index >= 15 is 0 Å². The minimum Gasteiger partial charge on any atom is -0.481 e. The Morgan fingerprint density at radius 1 is 1.35 bits per heavy atom. The summed E-state index contributed by atoms with van der Waals surface area (Å²) in [7, 11) is 0. The first kappa shape index (κ1) is 13.8. The third-order valence-corrected chi connectivity index (χ3v) is 2.73. The van der Waals surface area contributed by atoms with Crippen LogP contribution in [0.25, 0.3) is 0 Å². The van der Waals surface area contributed by atoms with Crippen molar-refractivity contribution in [2.45, 2.75) is 58.1 Å². The molecule has 0 heterocycles. The summed E-state index contributed by atoms with van der Waals surface area (Å²) in [6.07, 6.45) is 2.18. The largest absolute Gasteiger partial charge is 0.481 e. The average Bonchev–Trinajstić information content (AvgIpc) is 2.46. The summed E-state index contributed by atoms with van der Waals surface area (Å²) in [5.41, 5.74) is -0.497. The Labute approximate surface area is 102 Å². The van der Waals surface area contributed by atoms with Gasteiger partial charge in [-0.3, -0.25) is 4.79 Å². The molecule has 5 nitrogen and oxygen atoms in total. The number of amides is 1. The number of alkyl carbamates (subject to hydrolysis) is 1. The molecule has 1 rings (SSSR count). The lowest BCUT2D eigenvalue weighted by atomic mass is 10.0. The Morgan fingerprint density at radius 3 is 2.53 bits per heavy atom. The molecule has 17 heavy (non-hydrogen) atoms. The van der Waals surface area contributed by atoms with Gasteiger partial charge in [-0.2, -0.15) is 0 Å². The van der Waals surface area contributed by atoms with Crippen LogP contribution in [0.1, 0.15) is 46.5 Å². The van der Waals surface area contributed by atoms with Crippen molar-refractivity contribution in [1.29, 1.82) is 0 Å². The summed E-state index contributed by atoms with van der Waals surface area (Å²) in [4.78, 5) is 22.1. The predicted octanol–water partition coefficient (Wildman–Crippen LogP) is 2.15. The number of ether oxygens (including phenoxy) is 1. The minimum atomic E-state index is -0.770. The van der Waals surface area contributed by atoms with E-state index in [2.05, 4.69) is 5.32 Å². The fourth-order valence-electron chi connectivity index (χ4n) is 2.11. The Hall–Kier alpha value is -1.26. The first-order valence-corrected chi connectivity index (χ1v) is 5.97. The molecule has 1 saturated carbocycles. The molecule has 0 radical (unpaired) electrons. The maximum absolute atomic E-state index is 11.5. The maximum atomic E-state index is 11.5. The highest BCUT2D eigenvalue weighted by Crippen LogP contribution is 2.28. The number of aliphatic carboxylic acids is 1. The number of hydrogen-bond acceptors (Lipinski definition) is 3. The molecule has 0 aromatic heterocycles. The number of carbonyl (C=O) groups is 2. The van der Waals surface area contributed by atoms with Gasteiger partial charge in [0.2, 0.25) is 0 Å². The van der Waals surface area contributed by atoms with Gasteiger partial charge in [-0.1, -0.05) is 0 Å². The molecule has 5 heteroatoms. The van der Waals surface area contributed by atoms with Crippen LogP contribution in [0.3, 0.4) is 0 Å². The van der Waals surface area contributed by atoms with E-state index in [4.69, 9.17) is 9.84 Å². The number of carboxylic acid groups (broad SMARTS) is 1. The van der Waals surface area contributed by atoms with Crippen molar-refractivity contribution < 1.29 is 19.4 Å². The van der Waals surface area contributed by atoms with Gasteiger partial charge in [0.1, 0.15) is 5.60 Å². The summed E-state index contributed by atoms with van der Waals surface area (Å²) in [5, 5.41) is 11.5. The van der Waals surface area contributed by atoms with Crippen LogP contribution in [-0.4, -0.2) is 28.8 Å². The second kappa shape index (κ2) is 5.38. The molecule has 1 aliphatic rings. The summed E-state index contributed by atoms with van der Waals surface area (Å²) in [6, 6.07) is 0.0502. The summed E-state index contributed by atoms with van der Waals surface area (Å²) in [6.45, 7) is 5.44. The summed E-state index contributed by atoms with van der Waals surface area (Å²) >= 11 is 0. The maximum Gasteiger partial charge on any atom is 0.407 e. The van der Waals surface area contributed by atoms with E-state index in [0.29, 0.717) is 0 Å². The van der Waals surface area contributed by atoms with Crippen molar-refractivity contribution in [3.05, 3.63) is 0 Å². The number of hydrogen-bond donors (Lipinski definition) is 2. The van der Waals surface area contributed by atoms with Gasteiger partial charge >= 0.3 is 12.1 Å². The van der Waals surface area contributed by atoms with Crippen molar-refractivity contribution in [3.8, 4) is 0 Å². The molecule has 0 aromatic rings. The van der Waals surface area contributed by atoms with Gasteiger partial charge in [0, 0.05) is 12.5 Å². The van der Waals surface area contributed by atoms with Gasteiger partial charge in [0.05, 0.1) is 0 Å². The molecule has 0 aliphatic heterocycles. The third-order valence-electron chi connectivity index (χ3n) is 2.73. The summed E-state index contributed by atoms with van der Waals surface area (Å²) in [5.74, 6) is -0.597. The van der Waals surface area contributed by atoms with Crippen LogP contribution in [-0.2, 0) is 9.53 Å². The molecule has 0 unspecified atom stereocenters. The number of nitrogens with one attached hydrogen (secondary N) is 1. The second-order valence-corrected chi connectivity index (χ2v) is 5.62. The van der Waals surface area contributed by atoms with Crippen molar-refractivity contribution in [3.63, 3.8) is 0 Å². The Kier molecular flexibility index (Phi) is 4.37. The minimum absolute atomic E-state index is 0.0502. The van der Waals surface area contributed by atoms with Gasteiger partial charge < -0.3 is 15.2 Å². The summed E-state index contributed by atoms with van der Waals surface area (Å²) < 4.78 is 5.15. The van der Waals surface area contributed by atoms with Crippen LogP contribution in [0.5, 0.6) is 0 Å². The van der Waals surface area contributed by atoms with Gasteiger partial charge in [0.15, 0.2) is 0 Å². The quantitative estimate of drug-likeness (QED) is 0.796. The Bertz CT molecular complexity index is 295. The zero-order valence-electron chi connectivity index (χ0n) is 10.7. The molecule has 1 aliphatic carbocycles. The van der Waals surface area contributed by atoms with Crippen LogP contribution in [0, 0.1) is 5.92 Å². The van der Waals surface area contributed by atoms with E-state index in [1.807, 2.05) is 20.8 Å². The molecule has 0 aromatic carbocycles. The van der Waals surface area contributed by atoms with Crippen LogP contribution in [0.4, 0.5) is 4.79 Å². The zero-order valence-corrected chi connectivity index (χ0v) is 10.7. The highest BCUT2D eigenvalue weighted by molar-refractivity contribution is 5.68. The molecule has 1 fully saturated rings. The smallest absolute Gasteiger partial charge is 0.407 e. The molecule has 0 saturated heterocycles. The van der Waals surface area contributed by atoms with E-state index in [9.17, 15) is 9.59 Å². The van der Waals surface area contributed by atoms with Crippen molar-refractivity contribution >= 4 is 12.1 Å². The van der Waals surface area contributed by atoms with Crippen molar-refractivity contribution in [1.82, 2.24) is 5.32 Å². The molecular weight excluding hydrogens is 222 g/mol. The first-order chi connectivity index (χ1) is 7.76. The SMILES string of the molecule is CC(C)(C)OC(=O)N[C@H]1CC[C@@H](CC(=O)O)C1. The number of carboxylic acids is 1. The fraction of sp³-hybridized carbons (Fsp3) is 0.833. The zero-order chi connectivity index (χ0) is 13.1. The van der Waals surface area contributed by atoms with Gasteiger partial charge in [-0.05, 0) is 46.0 Å². The predicted molar refractivity (Wildman–Crippen MR) is 62.8 cm³/mol. The Balaban J connectivity index is 2.30. The van der Waals surface area contributed by atoms with Crippen molar-refractivity contribution in [2.75, 3.05) is 0 Å². The molecule has 98 valence electrons. The first-order valence-electron chi connectivity index (χ1n) is 5.97. The monoisotopic (exact) mass is 243 g/mol. The molecule has 2 atom stereocenters. The van der Waals surface area contributed by atoms with Crippen LogP contribution in [0.2, 0.25) is 0 Å². The number of rotatable bonds is 3. The lowest BCUT2D eigenvalue weighted by molar-refractivity contribution is -0.138. The van der Waals surface area contributed by atoms with Crippen LogP contribution in [0.15, 0.2) is 0 Å². The third kappa shape index (κ3) is 5.56. The molecule has 0 bridgehead atoms. The average molecular weight is 243 g/mol. The topological polar surface area (TPSA) is 75.6 Å². The lowest BCUT2D eigenvalue weighted by Crippen LogP contribution is -2.38. The standard InChI is InChI=1S/C12H21NO4/c1-12(2,3)17-11(16)13-9-5-4-8(6-9)7-10(14)15/h8-9H,4-7H2,1-3H3,(H,13,16)(H,14,15)/t8-,9+/m1/s1. The highest BCUT2D eigenvalue weighted by atomic mass is 16.6. The highest BCUT2D eigenvalue weighted by Gasteiger charge is 2.28. The lowest BCUT2D eigenvalue weighted by Gasteiger charge is -2.21. The van der Waals surface area contributed by atoms with Crippen LogP contribution >= 0.6 is 0 Å². The van der Waals surface area contributed by atoms with E-state index in [-0.39, 0.29) is 18.4 Å². The van der Waals surface area contributed by atoms with E-state index in [0.717, 1.165) is 19.3 Å². The van der Waals surface area contributed by atoms with E-state index in [1.165, 1.54) is 0 Å². The van der Waals surface area contributed by atoms with Gasteiger partial charge in [-0.15, -0.1) is 0 Å². The Morgan fingerprint density at radius 2 is 2.00 bits per heavy atom. The molecule has 0 spiro atoms. The normalized spacial score (nSPS) is 24.4. The molecular formula is C12H21NO4. The second-order valence-electron chi connectivity index (χ2n) is 5.62. The number of carbonyl (C=O) groups excluding carboxylic acids is 1. The van der Waals surface area contributed by atoms with E-state index < -0.39 is 17.7 Å². The van der Waals surface area contributed by atoms with Gasteiger partial charge in [-0.25, -0.2) is 4.79 Å². The van der Waals surface area contributed by atoms with E-state index in [1.54, 1.807) is 0 Å². The van der Waals surface area contributed by atoms with Crippen molar-refractivity contribution in [2.24, 2.45) is 5.92 Å². The van der Waals surface area contributed by atoms with Crippen LogP contribution < -0.4 is 5.32 Å². The molecule has 1 amide bonds. The molecule has 2 N–H and O–H groups in total.